The molecule has 2 N–H and O–H groups in total. The number of hydrogen-bond donors (Lipinski definition) is 1. The molecule has 0 radical (unpaired) electrons. The van der Waals surface area contributed by atoms with E-state index < -0.39 is 17.8 Å². The van der Waals surface area contributed by atoms with Crippen molar-refractivity contribution in [2.45, 2.75) is 13.2 Å². The summed E-state index contributed by atoms with van der Waals surface area (Å²) in [6, 6.07) is 13.0. The Kier molecular flexibility index (Phi) is 6.67. The maximum absolute atomic E-state index is 13.7. The molecule has 0 spiro atoms. The second-order valence-corrected chi connectivity index (χ2v) is 5.24. The summed E-state index contributed by atoms with van der Waals surface area (Å²) in [4.78, 5) is 28.8. The molecule has 7 nitrogen and oxygen atoms in total. The normalized spacial score (nSPS) is 10.5. The van der Waals surface area contributed by atoms with Crippen molar-refractivity contribution in [1.29, 1.82) is 0 Å². The van der Waals surface area contributed by atoms with E-state index in [4.69, 9.17) is 15.3 Å². The van der Waals surface area contributed by atoms with Crippen molar-refractivity contribution in [2.24, 2.45) is 10.9 Å². The Morgan fingerprint density at radius 2 is 1.73 bits per heavy atom. The maximum atomic E-state index is 13.7. The lowest BCUT2D eigenvalue weighted by Crippen LogP contribution is -2.27. The number of nitrogens with two attached hydrogens (primary N) is 1. The first-order valence-electron chi connectivity index (χ1n) is 7.65. The van der Waals surface area contributed by atoms with Crippen LogP contribution in [0.25, 0.3) is 0 Å². The molecule has 2 aromatic carbocycles. The lowest BCUT2D eigenvalue weighted by Gasteiger charge is -2.18. The van der Waals surface area contributed by atoms with E-state index in [0.29, 0.717) is 5.56 Å². The molecule has 0 saturated heterocycles. The molecule has 0 saturated carbocycles. The smallest absolute Gasteiger partial charge is 0.414 e. The topological polar surface area (TPSA) is 94.2 Å². The van der Waals surface area contributed by atoms with Crippen molar-refractivity contribution in [3.05, 3.63) is 65.5 Å². The van der Waals surface area contributed by atoms with E-state index in [0.717, 1.165) is 16.7 Å². The highest BCUT2D eigenvalue weighted by molar-refractivity contribution is 6.25. The molecule has 0 atom stereocenters. The van der Waals surface area contributed by atoms with Crippen LogP contribution in [0.5, 0.6) is 0 Å². The molecule has 0 aromatic heterocycles. The first-order chi connectivity index (χ1) is 12.5. The average molecular weight is 359 g/mol. The second kappa shape index (κ2) is 9.16. The number of para-hydroxylation sites is 1. The highest BCUT2D eigenvalue weighted by Crippen LogP contribution is 2.19. The molecular formula is C18H18FN3O4. The third-order valence-electron chi connectivity index (χ3n) is 3.43. The highest BCUT2D eigenvalue weighted by atomic mass is 19.1. The van der Waals surface area contributed by atoms with Gasteiger partial charge in [0, 0.05) is 7.05 Å². The van der Waals surface area contributed by atoms with E-state index in [2.05, 4.69) is 5.16 Å². The summed E-state index contributed by atoms with van der Waals surface area (Å²) in [5, 5.41) is 3.42. The molecule has 136 valence electrons. The van der Waals surface area contributed by atoms with Gasteiger partial charge in [-0.3, -0.25) is 9.69 Å². The van der Waals surface area contributed by atoms with Gasteiger partial charge in [-0.1, -0.05) is 41.6 Å². The molecule has 0 unspecified atom stereocenters. The number of hydrogen-bond acceptors (Lipinski definition) is 5. The zero-order valence-electron chi connectivity index (χ0n) is 14.1. The Labute approximate surface area is 149 Å². The fourth-order valence-electron chi connectivity index (χ4n) is 2.09. The van der Waals surface area contributed by atoms with Crippen LogP contribution in [0.1, 0.15) is 11.1 Å². The van der Waals surface area contributed by atoms with Gasteiger partial charge in [0.05, 0.1) is 5.69 Å². The monoisotopic (exact) mass is 359 g/mol. The predicted octanol–water partition coefficient (Wildman–Crippen LogP) is 2.59. The Morgan fingerprint density at radius 3 is 2.38 bits per heavy atom. The van der Waals surface area contributed by atoms with Gasteiger partial charge in [0.15, 0.2) is 0 Å². The first-order valence-corrected chi connectivity index (χ1v) is 7.65. The third kappa shape index (κ3) is 5.30. The number of carbonyl (C=O) groups is 2. The quantitative estimate of drug-likeness (QED) is 0.607. The van der Waals surface area contributed by atoms with Crippen molar-refractivity contribution < 1.29 is 23.6 Å². The minimum atomic E-state index is -0.719. The molecule has 2 rings (SSSR count). The number of benzene rings is 2. The largest absolute Gasteiger partial charge is 0.444 e. The van der Waals surface area contributed by atoms with E-state index in [1.54, 1.807) is 30.3 Å². The SMILES string of the molecule is CN(C(=O)OCc1ccccc1CON=CC(N)=O)c1ccccc1F. The van der Waals surface area contributed by atoms with Crippen LogP contribution in [0.4, 0.5) is 14.9 Å². The second-order valence-electron chi connectivity index (χ2n) is 5.24. The summed E-state index contributed by atoms with van der Waals surface area (Å²) < 4.78 is 19.0. The van der Waals surface area contributed by atoms with Gasteiger partial charge in [-0.25, -0.2) is 9.18 Å². The van der Waals surface area contributed by atoms with Crippen LogP contribution in [-0.2, 0) is 27.6 Å². The number of amides is 2. The number of oxime groups is 1. The van der Waals surface area contributed by atoms with Gasteiger partial charge in [-0.05, 0) is 23.3 Å². The minimum absolute atomic E-state index is 0.0311. The van der Waals surface area contributed by atoms with E-state index in [1.165, 1.54) is 25.2 Å². The van der Waals surface area contributed by atoms with Gasteiger partial charge in [0.25, 0.3) is 5.91 Å². The number of primary amides is 1. The molecule has 0 aliphatic heterocycles. The number of anilines is 1. The van der Waals surface area contributed by atoms with Crippen LogP contribution in [-0.4, -0.2) is 25.3 Å². The molecule has 0 bridgehead atoms. The third-order valence-corrected chi connectivity index (χ3v) is 3.43. The van der Waals surface area contributed by atoms with Crippen molar-refractivity contribution in [3.8, 4) is 0 Å². The van der Waals surface area contributed by atoms with Gasteiger partial charge >= 0.3 is 6.09 Å². The molecule has 26 heavy (non-hydrogen) atoms. The Morgan fingerprint density at radius 1 is 1.12 bits per heavy atom. The van der Waals surface area contributed by atoms with Gasteiger partial charge < -0.3 is 15.3 Å². The fraction of sp³-hybridized carbons (Fsp3) is 0.167. The van der Waals surface area contributed by atoms with Crippen molar-refractivity contribution >= 4 is 23.9 Å². The van der Waals surface area contributed by atoms with E-state index >= 15 is 0 Å². The number of rotatable bonds is 7. The van der Waals surface area contributed by atoms with Crippen LogP contribution in [0, 0.1) is 5.82 Å². The van der Waals surface area contributed by atoms with E-state index in [9.17, 15) is 14.0 Å². The summed E-state index contributed by atoms with van der Waals surface area (Å²) in [7, 11) is 1.42. The van der Waals surface area contributed by atoms with E-state index in [-0.39, 0.29) is 18.9 Å². The molecule has 8 heteroatoms. The van der Waals surface area contributed by atoms with Gasteiger partial charge in [0.2, 0.25) is 0 Å². The molecule has 0 aliphatic rings. The summed E-state index contributed by atoms with van der Waals surface area (Å²) >= 11 is 0. The first kappa shape index (κ1) is 18.9. The number of ether oxygens (including phenoxy) is 1. The number of carbonyl (C=O) groups excluding carboxylic acids is 2. The Bertz CT molecular complexity index is 811. The van der Waals surface area contributed by atoms with Crippen molar-refractivity contribution in [1.82, 2.24) is 0 Å². The highest BCUT2D eigenvalue weighted by Gasteiger charge is 2.16. The van der Waals surface area contributed by atoms with Gasteiger partial charge in [-0.15, -0.1) is 0 Å². The molecule has 0 aliphatic carbocycles. The van der Waals surface area contributed by atoms with Crippen LogP contribution in [0.15, 0.2) is 53.7 Å². The molecular weight excluding hydrogens is 341 g/mol. The molecule has 2 aromatic rings. The maximum Gasteiger partial charge on any atom is 0.414 e. The van der Waals surface area contributed by atoms with E-state index in [1.807, 2.05) is 0 Å². The zero-order chi connectivity index (χ0) is 18.9. The summed E-state index contributed by atoms with van der Waals surface area (Å²) in [6.07, 6.45) is 0.156. The minimum Gasteiger partial charge on any atom is -0.444 e. The van der Waals surface area contributed by atoms with Crippen molar-refractivity contribution in [2.75, 3.05) is 11.9 Å². The molecule has 2 amide bonds. The van der Waals surface area contributed by atoms with Crippen molar-refractivity contribution in [3.63, 3.8) is 0 Å². The predicted molar refractivity (Wildman–Crippen MR) is 93.9 cm³/mol. The lowest BCUT2D eigenvalue weighted by atomic mass is 10.1. The fourth-order valence-corrected chi connectivity index (χ4v) is 2.09. The molecule has 0 fully saturated rings. The number of halogens is 1. The number of nitrogens with zero attached hydrogens (tertiary/aromatic N) is 2. The Hall–Kier alpha value is -3.42. The van der Waals surface area contributed by atoms with Crippen LogP contribution in [0.2, 0.25) is 0 Å². The van der Waals surface area contributed by atoms with Gasteiger partial charge in [-0.2, -0.15) is 0 Å². The summed E-state index contributed by atoms with van der Waals surface area (Å²) in [5.41, 5.74) is 6.44. The summed E-state index contributed by atoms with van der Waals surface area (Å²) in [6.45, 7) is 0.0390. The average Bonchev–Trinajstić information content (AvgIpc) is 2.63. The zero-order valence-corrected chi connectivity index (χ0v) is 14.1. The molecule has 0 heterocycles. The summed E-state index contributed by atoms with van der Waals surface area (Å²) in [5.74, 6) is -1.24. The van der Waals surface area contributed by atoms with Gasteiger partial charge in [0.1, 0.15) is 25.2 Å². The van der Waals surface area contributed by atoms with Crippen LogP contribution < -0.4 is 10.6 Å². The Balaban J connectivity index is 1.97. The van der Waals surface area contributed by atoms with Crippen LogP contribution in [0.3, 0.4) is 0 Å². The van der Waals surface area contributed by atoms with Crippen LogP contribution >= 0.6 is 0 Å². The standard InChI is InChI=1S/C18H18FN3O4/c1-22(16-9-5-4-8-15(16)19)18(24)25-11-13-6-2-3-7-14(13)12-26-21-10-17(20)23/h2-10H,11-12H2,1H3,(H2,20,23). The lowest BCUT2D eigenvalue weighted by molar-refractivity contribution is -0.111.